The summed E-state index contributed by atoms with van der Waals surface area (Å²) in [6.07, 6.45) is 2.43. The van der Waals surface area contributed by atoms with Crippen LogP contribution in [0.1, 0.15) is 29.6 Å². The van der Waals surface area contributed by atoms with Gasteiger partial charge in [-0.1, -0.05) is 29.6 Å². The third kappa shape index (κ3) is 2.40. The van der Waals surface area contributed by atoms with E-state index in [0.717, 1.165) is 12.8 Å². The van der Waals surface area contributed by atoms with E-state index in [2.05, 4.69) is 0 Å². The molecular weight excluding hydrogens is 313 g/mol. The van der Waals surface area contributed by atoms with E-state index in [-0.39, 0.29) is 18.4 Å². The molecule has 0 spiro atoms. The molecule has 1 saturated carbocycles. The zero-order valence-electron chi connectivity index (χ0n) is 11.3. The number of rotatable bonds is 2. The fourth-order valence-corrected chi connectivity index (χ4v) is 4.18. The van der Waals surface area contributed by atoms with E-state index in [1.54, 1.807) is 23.1 Å². The molecule has 4 nitrogen and oxygen atoms in total. The topological polar surface area (TPSA) is 57.6 Å². The van der Waals surface area contributed by atoms with Crippen molar-refractivity contribution in [2.45, 2.75) is 19.3 Å². The summed E-state index contributed by atoms with van der Waals surface area (Å²) in [5.74, 6) is -0.938. The Kier molecular flexibility index (Phi) is 3.62. The van der Waals surface area contributed by atoms with Gasteiger partial charge in [0.05, 0.1) is 5.41 Å². The lowest BCUT2D eigenvalue weighted by Gasteiger charge is -2.23. The van der Waals surface area contributed by atoms with Gasteiger partial charge in [0.2, 0.25) is 0 Å². The van der Waals surface area contributed by atoms with Crippen LogP contribution in [0.2, 0.25) is 10.0 Å². The van der Waals surface area contributed by atoms with E-state index >= 15 is 0 Å². The predicted octanol–water partition coefficient (Wildman–Crippen LogP) is 3.32. The number of likely N-dealkylation sites (tertiary alicyclic amines) is 1. The summed E-state index contributed by atoms with van der Waals surface area (Å²) in [7, 11) is 0. The molecule has 2 fully saturated rings. The molecule has 1 aliphatic carbocycles. The van der Waals surface area contributed by atoms with Gasteiger partial charge in [0.25, 0.3) is 5.91 Å². The van der Waals surface area contributed by atoms with Crippen LogP contribution in [0.4, 0.5) is 0 Å². The van der Waals surface area contributed by atoms with Crippen molar-refractivity contribution >= 4 is 35.1 Å². The average molecular weight is 328 g/mol. The fourth-order valence-electron chi connectivity index (χ4n) is 3.65. The minimum Gasteiger partial charge on any atom is -0.481 e. The third-order valence-electron chi connectivity index (χ3n) is 4.69. The summed E-state index contributed by atoms with van der Waals surface area (Å²) in [5, 5.41) is 10.4. The SMILES string of the molecule is O=C(c1cc(Cl)cc(Cl)c1)N1C[C@@H]2CCC[C@@]2(C(=O)O)C1. The maximum Gasteiger partial charge on any atom is 0.311 e. The number of amides is 1. The molecule has 1 saturated heterocycles. The van der Waals surface area contributed by atoms with Crippen LogP contribution in [0.5, 0.6) is 0 Å². The highest BCUT2D eigenvalue weighted by Gasteiger charge is 2.55. The highest BCUT2D eigenvalue weighted by Crippen LogP contribution is 2.49. The van der Waals surface area contributed by atoms with Gasteiger partial charge in [-0.15, -0.1) is 0 Å². The van der Waals surface area contributed by atoms with Gasteiger partial charge in [-0.3, -0.25) is 9.59 Å². The lowest BCUT2D eigenvalue weighted by Crippen LogP contribution is -2.37. The molecular formula is C15H15Cl2NO3. The Bertz CT molecular complexity index is 599. The average Bonchev–Trinajstić information content (AvgIpc) is 2.93. The van der Waals surface area contributed by atoms with E-state index in [0.29, 0.717) is 28.6 Å². The Morgan fingerprint density at radius 1 is 1.24 bits per heavy atom. The second-order valence-corrected chi connectivity index (χ2v) is 6.77. The number of aliphatic carboxylic acids is 1. The van der Waals surface area contributed by atoms with Crippen molar-refractivity contribution in [1.29, 1.82) is 0 Å². The summed E-state index contributed by atoms with van der Waals surface area (Å²) in [6, 6.07) is 4.70. The third-order valence-corrected chi connectivity index (χ3v) is 5.13. The first-order valence-electron chi connectivity index (χ1n) is 6.91. The van der Waals surface area contributed by atoms with Crippen LogP contribution < -0.4 is 0 Å². The number of carboxylic acids is 1. The van der Waals surface area contributed by atoms with E-state index in [9.17, 15) is 14.7 Å². The first kappa shape index (κ1) is 14.7. The molecule has 0 aromatic heterocycles. The van der Waals surface area contributed by atoms with Crippen molar-refractivity contribution in [1.82, 2.24) is 4.90 Å². The molecule has 0 unspecified atom stereocenters. The van der Waals surface area contributed by atoms with E-state index in [1.807, 2.05) is 0 Å². The molecule has 112 valence electrons. The Morgan fingerprint density at radius 2 is 1.90 bits per heavy atom. The second kappa shape index (κ2) is 5.18. The number of carbonyl (C=O) groups excluding carboxylic acids is 1. The van der Waals surface area contributed by atoms with Crippen molar-refractivity contribution in [3.05, 3.63) is 33.8 Å². The van der Waals surface area contributed by atoms with Crippen LogP contribution in [-0.4, -0.2) is 35.0 Å². The predicted molar refractivity (Wildman–Crippen MR) is 79.8 cm³/mol. The number of benzene rings is 1. The van der Waals surface area contributed by atoms with Crippen LogP contribution in [0, 0.1) is 11.3 Å². The molecule has 0 radical (unpaired) electrons. The van der Waals surface area contributed by atoms with Gasteiger partial charge in [-0.2, -0.15) is 0 Å². The van der Waals surface area contributed by atoms with Crippen molar-refractivity contribution < 1.29 is 14.7 Å². The molecule has 1 aromatic rings. The van der Waals surface area contributed by atoms with Crippen LogP contribution in [0.15, 0.2) is 18.2 Å². The maximum atomic E-state index is 12.6. The zero-order chi connectivity index (χ0) is 15.2. The molecule has 1 N–H and O–H groups in total. The smallest absolute Gasteiger partial charge is 0.311 e. The second-order valence-electron chi connectivity index (χ2n) is 5.89. The molecule has 2 atom stereocenters. The number of halogens is 2. The molecule has 3 rings (SSSR count). The van der Waals surface area contributed by atoms with Gasteiger partial charge < -0.3 is 10.0 Å². The van der Waals surface area contributed by atoms with Gasteiger partial charge in [-0.25, -0.2) is 0 Å². The standard InChI is InChI=1S/C15H15Cl2NO3/c16-11-4-9(5-12(17)6-11)13(19)18-7-10-2-1-3-15(10,8-18)14(20)21/h4-6,10H,1-3,7-8H2,(H,20,21)/t10-,15+/m0/s1. The first-order valence-corrected chi connectivity index (χ1v) is 7.67. The maximum absolute atomic E-state index is 12.6. The number of hydrogen-bond donors (Lipinski definition) is 1. The Hall–Kier alpha value is -1.26. The van der Waals surface area contributed by atoms with Crippen molar-refractivity contribution in [2.75, 3.05) is 13.1 Å². The summed E-state index contributed by atoms with van der Waals surface area (Å²) >= 11 is 11.9. The number of hydrogen-bond acceptors (Lipinski definition) is 2. The molecule has 0 bridgehead atoms. The van der Waals surface area contributed by atoms with E-state index in [1.165, 1.54) is 0 Å². The normalized spacial score (nSPS) is 27.7. The van der Waals surface area contributed by atoms with Crippen LogP contribution >= 0.6 is 23.2 Å². The van der Waals surface area contributed by atoms with Gasteiger partial charge >= 0.3 is 5.97 Å². The Balaban J connectivity index is 1.86. The number of nitrogens with zero attached hydrogens (tertiary/aromatic N) is 1. The largest absolute Gasteiger partial charge is 0.481 e. The van der Waals surface area contributed by atoms with Crippen LogP contribution in [0.25, 0.3) is 0 Å². The summed E-state index contributed by atoms with van der Waals surface area (Å²) < 4.78 is 0. The fraction of sp³-hybridized carbons (Fsp3) is 0.467. The molecule has 21 heavy (non-hydrogen) atoms. The zero-order valence-corrected chi connectivity index (χ0v) is 12.8. The monoisotopic (exact) mass is 327 g/mol. The van der Waals surface area contributed by atoms with Crippen molar-refractivity contribution in [3.8, 4) is 0 Å². The lowest BCUT2D eigenvalue weighted by molar-refractivity contribution is -0.149. The quantitative estimate of drug-likeness (QED) is 0.906. The highest BCUT2D eigenvalue weighted by atomic mass is 35.5. The molecule has 2 aliphatic rings. The van der Waals surface area contributed by atoms with Crippen LogP contribution in [-0.2, 0) is 4.79 Å². The lowest BCUT2D eigenvalue weighted by atomic mass is 9.81. The summed E-state index contributed by atoms with van der Waals surface area (Å²) in [5.41, 5.74) is -0.356. The van der Waals surface area contributed by atoms with Gasteiger partial charge in [0.15, 0.2) is 0 Å². The van der Waals surface area contributed by atoms with Crippen molar-refractivity contribution in [2.24, 2.45) is 11.3 Å². The Morgan fingerprint density at radius 3 is 2.48 bits per heavy atom. The van der Waals surface area contributed by atoms with Gasteiger partial charge in [0.1, 0.15) is 0 Å². The minimum atomic E-state index is -0.788. The summed E-state index contributed by atoms with van der Waals surface area (Å²) in [6.45, 7) is 0.769. The van der Waals surface area contributed by atoms with Gasteiger partial charge in [-0.05, 0) is 37.0 Å². The molecule has 1 aliphatic heterocycles. The molecule has 1 amide bonds. The molecule has 1 heterocycles. The Labute approximate surface area is 132 Å². The molecule has 6 heteroatoms. The van der Waals surface area contributed by atoms with Crippen molar-refractivity contribution in [3.63, 3.8) is 0 Å². The minimum absolute atomic E-state index is 0.0496. The molecule has 1 aromatic carbocycles. The number of carboxylic acid groups (broad SMARTS) is 1. The number of carbonyl (C=O) groups is 2. The first-order chi connectivity index (χ1) is 9.92. The van der Waals surface area contributed by atoms with E-state index < -0.39 is 11.4 Å². The number of fused-ring (bicyclic) bond motifs is 1. The van der Waals surface area contributed by atoms with Gasteiger partial charge in [0, 0.05) is 28.7 Å². The highest BCUT2D eigenvalue weighted by molar-refractivity contribution is 6.35. The van der Waals surface area contributed by atoms with E-state index in [4.69, 9.17) is 23.2 Å². The van der Waals surface area contributed by atoms with Crippen LogP contribution in [0.3, 0.4) is 0 Å². The summed E-state index contributed by atoms with van der Waals surface area (Å²) in [4.78, 5) is 25.8.